The standard InChI is InChI=1S/C17H20FN3OS/c1-10-3-4-12(6-15(10)18)5-14-9-20-17(23-14)21-16(22)11(2)13-7-19-8-13/h3-4,6,9,11,13,19H,5,7-8H2,1-2H3,(H,20,21,22). The molecule has 0 aliphatic carbocycles. The molecule has 0 radical (unpaired) electrons. The highest BCUT2D eigenvalue weighted by Crippen LogP contribution is 2.24. The molecule has 2 aromatic rings. The molecule has 2 heterocycles. The van der Waals surface area contributed by atoms with Crippen LogP contribution in [0.5, 0.6) is 0 Å². The van der Waals surface area contributed by atoms with Gasteiger partial charge in [-0.25, -0.2) is 9.37 Å². The highest BCUT2D eigenvalue weighted by atomic mass is 32.1. The van der Waals surface area contributed by atoms with E-state index in [1.807, 2.05) is 13.0 Å². The number of carbonyl (C=O) groups excluding carboxylic acids is 1. The molecular formula is C17H20FN3OS. The first-order chi connectivity index (χ1) is 11.0. The number of anilines is 1. The largest absolute Gasteiger partial charge is 0.316 e. The van der Waals surface area contributed by atoms with Crippen LogP contribution >= 0.6 is 11.3 Å². The summed E-state index contributed by atoms with van der Waals surface area (Å²) >= 11 is 1.44. The van der Waals surface area contributed by atoms with E-state index in [0.717, 1.165) is 23.5 Å². The maximum absolute atomic E-state index is 13.6. The molecule has 1 saturated heterocycles. The maximum atomic E-state index is 13.6. The first-order valence-electron chi connectivity index (χ1n) is 7.74. The number of carbonyl (C=O) groups is 1. The van der Waals surface area contributed by atoms with E-state index in [0.29, 0.717) is 23.0 Å². The van der Waals surface area contributed by atoms with Gasteiger partial charge in [0.05, 0.1) is 0 Å². The number of nitrogens with one attached hydrogen (secondary N) is 2. The number of aromatic nitrogens is 1. The first-order valence-corrected chi connectivity index (χ1v) is 8.56. The number of halogens is 1. The van der Waals surface area contributed by atoms with Crippen LogP contribution in [0.2, 0.25) is 0 Å². The molecule has 1 aliphatic rings. The molecule has 1 unspecified atom stereocenters. The molecule has 1 atom stereocenters. The minimum absolute atomic E-state index is 0.0128. The van der Waals surface area contributed by atoms with Gasteiger partial charge in [-0.2, -0.15) is 0 Å². The second-order valence-corrected chi connectivity index (χ2v) is 7.20. The fraction of sp³-hybridized carbons (Fsp3) is 0.412. The van der Waals surface area contributed by atoms with Crippen molar-refractivity contribution in [2.45, 2.75) is 20.3 Å². The fourth-order valence-corrected chi connectivity index (χ4v) is 3.34. The normalized spacial score (nSPS) is 16.0. The van der Waals surface area contributed by atoms with Gasteiger partial charge in [0, 0.05) is 23.4 Å². The summed E-state index contributed by atoms with van der Waals surface area (Å²) in [6.45, 7) is 5.50. The Balaban J connectivity index is 1.61. The smallest absolute Gasteiger partial charge is 0.229 e. The lowest BCUT2D eigenvalue weighted by Gasteiger charge is -2.31. The van der Waals surface area contributed by atoms with Gasteiger partial charge in [-0.15, -0.1) is 11.3 Å². The van der Waals surface area contributed by atoms with Crippen molar-refractivity contribution < 1.29 is 9.18 Å². The van der Waals surface area contributed by atoms with Crippen LogP contribution in [0, 0.1) is 24.6 Å². The van der Waals surface area contributed by atoms with Gasteiger partial charge >= 0.3 is 0 Å². The summed E-state index contributed by atoms with van der Waals surface area (Å²) in [5.41, 5.74) is 1.55. The molecule has 0 spiro atoms. The van der Waals surface area contributed by atoms with Crippen molar-refractivity contribution >= 4 is 22.4 Å². The predicted octanol–water partition coefficient (Wildman–Crippen LogP) is 2.98. The molecule has 0 bridgehead atoms. The molecule has 1 amide bonds. The van der Waals surface area contributed by atoms with Gasteiger partial charge in [-0.1, -0.05) is 19.1 Å². The van der Waals surface area contributed by atoms with Crippen LogP contribution in [0.4, 0.5) is 9.52 Å². The van der Waals surface area contributed by atoms with Gasteiger partial charge in [0.1, 0.15) is 5.82 Å². The summed E-state index contributed by atoms with van der Waals surface area (Å²) in [5.74, 6) is 0.210. The molecule has 0 saturated carbocycles. The van der Waals surface area contributed by atoms with Crippen LogP contribution in [0.3, 0.4) is 0 Å². The Kier molecular flexibility index (Phi) is 4.73. The van der Waals surface area contributed by atoms with Crippen LogP contribution in [-0.4, -0.2) is 24.0 Å². The highest BCUT2D eigenvalue weighted by molar-refractivity contribution is 7.15. The summed E-state index contributed by atoms with van der Waals surface area (Å²) in [4.78, 5) is 17.4. The van der Waals surface area contributed by atoms with E-state index in [1.54, 1.807) is 25.3 Å². The van der Waals surface area contributed by atoms with E-state index < -0.39 is 0 Å². The van der Waals surface area contributed by atoms with Crippen LogP contribution in [0.25, 0.3) is 0 Å². The lowest BCUT2D eigenvalue weighted by atomic mass is 9.88. The molecule has 1 aromatic heterocycles. The molecule has 23 heavy (non-hydrogen) atoms. The van der Waals surface area contributed by atoms with Crippen molar-refractivity contribution in [3.8, 4) is 0 Å². The summed E-state index contributed by atoms with van der Waals surface area (Å²) in [7, 11) is 0. The van der Waals surface area contributed by atoms with Crippen molar-refractivity contribution in [2.24, 2.45) is 11.8 Å². The van der Waals surface area contributed by atoms with Crippen molar-refractivity contribution in [3.63, 3.8) is 0 Å². The lowest BCUT2D eigenvalue weighted by molar-refractivity contribution is -0.121. The van der Waals surface area contributed by atoms with Crippen molar-refractivity contribution in [1.29, 1.82) is 0 Å². The van der Waals surface area contributed by atoms with E-state index in [2.05, 4.69) is 15.6 Å². The van der Waals surface area contributed by atoms with Crippen molar-refractivity contribution in [3.05, 3.63) is 46.2 Å². The molecule has 6 heteroatoms. The lowest BCUT2D eigenvalue weighted by Crippen LogP contribution is -2.48. The molecule has 3 rings (SSSR count). The van der Waals surface area contributed by atoms with Gasteiger partial charge in [-0.05, 0) is 43.1 Å². The Labute approximate surface area is 139 Å². The zero-order chi connectivity index (χ0) is 16.4. The zero-order valence-corrected chi connectivity index (χ0v) is 14.0. The highest BCUT2D eigenvalue weighted by Gasteiger charge is 2.29. The fourth-order valence-electron chi connectivity index (χ4n) is 2.49. The number of hydrogen-bond donors (Lipinski definition) is 2. The van der Waals surface area contributed by atoms with Crippen LogP contribution in [0.1, 0.15) is 22.9 Å². The number of hydrogen-bond acceptors (Lipinski definition) is 4. The number of nitrogens with zero attached hydrogens (tertiary/aromatic N) is 1. The Morgan fingerprint density at radius 3 is 2.96 bits per heavy atom. The Morgan fingerprint density at radius 1 is 1.52 bits per heavy atom. The third-order valence-electron chi connectivity index (χ3n) is 4.33. The Hall–Kier alpha value is -1.79. The van der Waals surface area contributed by atoms with Crippen LogP contribution in [-0.2, 0) is 11.2 Å². The molecule has 2 N–H and O–H groups in total. The molecular weight excluding hydrogens is 313 g/mol. The number of amides is 1. The molecule has 122 valence electrons. The van der Waals surface area contributed by atoms with E-state index in [4.69, 9.17) is 0 Å². The van der Waals surface area contributed by atoms with E-state index in [1.165, 1.54) is 11.3 Å². The summed E-state index contributed by atoms with van der Waals surface area (Å²) in [5, 5.41) is 6.67. The van der Waals surface area contributed by atoms with Gasteiger partial charge in [0.25, 0.3) is 0 Å². The van der Waals surface area contributed by atoms with E-state index >= 15 is 0 Å². The minimum Gasteiger partial charge on any atom is -0.316 e. The molecule has 1 aromatic carbocycles. The van der Waals surface area contributed by atoms with E-state index in [9.17, 15) is 9.18 Å². The van der Waals surface area contributed by atoms with Crippen molar-refractivity contribution in [1.82, 2.24) is 10.3 Å². The molecule has 4 nitrogen and oxygen atoms in total. The Morgan fingerprint density at radius 2 is 2.30 bits per heavy atom. The monoisotopic (exact) mass is 333 g/mol. The van der Waals surface area contributed by atoms with Crippen LogP contribution in [0.15, 0.2) is 24.4 Å². The molecule has 1 fully saturated rings. The number of aryl methyl sites for hydroxylation is 1. The van der Waals surface area contributed by atoms with Gasteiger partial charge in [-0.3, -0.25) is 4.79 Å². The number of thiazole rings is 1. The summed E-state index contributed by atoms with van der Waals surface area (Å²) in [6, 6.07) is 5.25. The van der Waals surface area contributed by atoms with Crippen molar-refractivity contribution in [2.75, 3.05) is 18.4 Å². The average Bonchev–Trinajstić information content (AvgIpc) is 2.88. The zero-order valence-electron chi connectivity index (χ0n) is 13.2. The van der Waals surface area contributed by atoms with Gasteiger partial charge < -0.3 is 10.6 Å². The second-order valence-electron chi connectivity index (χ2n) is 6.09. The third-order valence-corrected chi connectivity index (χ3v) is 5.24. The van der Waals surface area contributed by atoms with Crippen LogP contribution < -0.4 is 10.6 Å². The van der Waals surface area contributed by atoms with E-state index in [-0.39, 0.29) is 17.6 Å². The summed E-state index contributed by atoms with van der Waals surface area (Å²) in [6.07, 6.45) is 2.36. The van der Waals surface area contributed by atoms with Gasteiger partial charge in [0.2, 0.25) is 5.91 Å². The van der Waals surface area contributed by atoms with Gasteiger partial charge in [0.15, 0.2) is 5.13 Å². The second kappa shape index (κ2) is 6.76. The summed E-state index contributed by atoms with van der Waals surface area (Å²) < 4.78 is 13.6. The number of rotatable bonds is 5. The third kappa shape index (κ3) is 3.76. The topological polar surface area (TPSA) is 54.0 Å². The number of benzene rings is 1. The first kappa shape index (κ1) is 16.1. The maximum Gasteiger partial charge on any atom is 0.229 e. The molecule has 1 aliphatic heterocycles. The minimum atomic E-state index is -0.191. The Bertz CT molecular complexity index is 712. The SMILES string of the molecule is Cc1ccc(Cc2cnc(NC(=O)C(C)C3CNC3)s2)cc1F. The average molecular weight is 333 g/mol. The predicted molar refractivity (Wildman–Crippen MR) is 90.2 cm³/mol. The quantitative estimate of drug-likeness (QED) is 0.884.